The fourth-order valence-electron chi connectivity index (χ4n) is 2.67. The van der Waals surface area contributed by atoms with Crippen LogP contribution in [-0.2, 0) is 0 Å². The van der Waals surface area contributed by atoms with Crippen LogP contribution in [0.1, 0.15) is 25.3 Å². The molecule has 120 valence electrons. The van der Waals surface area contributed by atoms with E-state index in [1.165, 1.54) is 0 Å². The summed E-state index contributed by atoms with van der Waals surface area (Å²) >= 11 is 0. The van der Waals surface area contributed by atoms with Gasteiger partial charge in [-0.3, -0.25) is 4.79 Å². The molecule has 0 aliphatic rings. The number of nitrogens with zero attached hydrogens (tertiary/aromatic N) is 1. The van der Waals surface area contributed by atoms with Gasteiger partial charge in [-0.1, -0.05) is 43.7 Å². The van der Waals surface area contributed by atoms with Gasteiger partial charge in [0.2, 0.25) is 0 Å². The van der Waals surface area contributed by atoms with Crippen LogP contribution in [0.4, 0.5) is 0 Å². The number of benzene rings is 2. The van der Waals surface area contributed by atoms with Crippen LogP contribution in [-0.4, -0.2) is 11.6 Å². The number of aromatic nitrogens is 1. The van der Waals surface area contributed by atoms with Gasteiger partial charge in [0.25, 0.3) is 5.56 Å². The van der Waals surface area contributed by atoms with Crippen LogP contribution in [0, 0.1) is 11.3 Å². The van der Waals surface area contributed by atoms with E-state index in [0.717, 1.165) is 23.8 Å². The third-order valence-electron chi connectivity index (χ3n) is 3.90. The summed E-state index contributed by atoms with van der Waals surface area (Å²) < 4.78 is 6.00. The SMILES string of the molecule is CCCCOc1c(-c2ccccc2)c(=O)[nH]c2ccc(C#N)cc12. The third kappa shape index (κ3) is 3.02. The molecule has 4 nitrogen and oxygen atoms in total. The van der Waals surface area contributed by atoms with Crippen molar-refractivity contribution in [2.45, 2.75) is 19.8 Å². The van der Waals surface area contributed by atoms with Gasteiger partial charge in [-0.15, -0.1) is 0 Å². The van der Waals surface area contributed by atoms with Crippen molar-refractivity contribution in [2.75, 3.05) is 6.61 Å². The molecule has 1 aromatic heterocycles. The number of nitriles is 1. The second-order valence-electron chi connectivity index (χ2n) is 5.60. The van der Waals surface area contributed by atoms with Gasteiger partial charge in [0, 0.05) is 5.39 Å². The molecule has 0 aliphatic carbocycles. The van der Waals surface area contributed by atoms with Crippen molar-refractivity contribution in [1.29, 1.82) is 5.26 Å². The Kier molecular flexibility index (Phi) is 4.62. The Balaban J connectivity index is 2.28. The lowest BCUT2D eigenvalue weighted by molar-refractivity contribution is 0.313. The molecule has 0 spiro atoms. The maximum absolute atomic E-state index is 12.6. The average Bonchev–Trinajstić information content (AvgIpc) is 2.62. The summed E-state index contributed by atoms with van der Waals surface area (Å²) in [7, 11) is 0. The van der Waals surface area contributed by atoms with Crippen molar-refractivity contribution in [3.63, 3.8) is 0 Å². The Labute approximate surface area is 140 Å². The lowest BCUT2D eigenvalue weighted by Gasteiger charge is -2.14. The molecule has 0 radical (unpaired) electrons. The van der Waals surface area contributed by atoms with Crippen LogP contribution in [0.2, 0.25) is 0 Å². The van der Waals surface area contributed by atoms with Gasteiger partial charge in [0.15, 0.2) is 0 Å². The predicted octanol–water partition coefficient (Wildman–Crippen LogP) is 4.25. The first-order valence-electron chi connectivity index (χ1n) is 8.03. The average molecular weight is 318 g/mol. The quantitative estimate of drug-likeness (QED) is 0.715. The molecule has 0 aliphatic heterocycles. The zero-order valence-electron chi connectivity index (χ0n) is 13.5. The summed E-state index contributed by atoms with van der Waals surface area (Å²) in [6, 6.07) is 16.8. The molecule has 0 saturated carbocycles. The van der Waals surface area contributed by atoms with Crippen molar-refractivity contribution in [2.24, 2.45) is 0 Å². The van der Waals surface area contributed by atoms with Crippen LogP contribution in [0.3, 0.4) is 0 Å². The number of rotatable bonds is 5. The predicted molar refractivity (Wildman–Crippen MR) is 95.1 cm³/mol. The van der Waals surface area contributed by atoms with E-state index < -0.39 is 0 Å². The van der Waals surface area contributed by atoms with Crippen LogP contribution >= 0.6 is 0 Å². The monoisotopic (exact) mass is 318 g/mol. The number of nitrogens with one attached hydrogen (secondary N) is 1. The van der Waals surface area contributed by atoms with E-state index >= 15 is 0 Å². The maximum atomic E-state index is 12.6. The fraction of sp³-hybridized carbons (Fsp3) is 0.200. The second kappa shape index (κ2) is 7.01. The molecule has 4 heteroatoms. The minimum atomic E-state index is -0.190. The Hall–Kier alpha value is -3.06. The molecule has 0 saturated heterocycles. The zero-order chi connectivity index (χ0) is 16.9. The van der Waals surface area contributed by atoms with Crippen molar-refractivity contribution in [1.82, 2.24) is 4.98 Å². The Morgan fingerprint density at radius 2 is 1.96 bits per heavy atom. The van der Waals surface area contributed by atoms with Crippen molar-refractivity contribution < 1.29 is 4.74 Å². The van der Waals surface area contributed by atoms with E-state index in [-0.39, 0.29) is 5.56 Å². The van der Waals surface area contributed by atoms with E-state index in [2.05, 4.69) is 18.0 Å². The van der Waals surface area contributed by atoms with Gasteiger partial charge in [-0.05, 0) is 30.2 Å². The Morgan fingerprint density at radius 1 is 1.17 bits per heavy atom. The highest BCUT2D eigenvalue weighted by Crippen LogP contribution is 2.33. The lowest BCUT2D eigenvalue weighted by atomic mass is 10.0. The summed E-state index contributed by atoms with van der Waals surface area (Å²) in [5.41, 5.74) is 2.33. The van der Waals surface area contributed by atoms with E-state index in [9.17, 15) is 10.1 Å². The fourth-order valence-corrected chi connectivity index (χ4v) is 2.67. The first kappa shape index (κ1) is 15.8. The van der Waals surface area contributed by atoms with Gasteiger partial charge in [-0.25, -0.2) is 0 Å². The largest absolute Gasteiger partial charge is 0.492 e. The highest BCUT2D eigenvalue weighted by atomic mass is 16.5. The number of fused-ring (bicyclic) bond motifs is 1. The van der Waals surface area contributed by atoms with Crippen LogP contribution in [0.15, 0.2) is 53.3 Å². The Bertz CT molecular complexity index is 953. The highest BCUT2D eigenvalue weighted by molar-refractivity contribution is 5.92. The Morgan fingerprint density at radius 3 is 2.67 bits per heavy atom. The van der Waals surface area contributed by atoms with Crippen LogP contribution < -0.4 is 10.3 Å². The van der Waals surface area contributed by atoms with Gasteiger partial charge in [-0.2, -0.15) is 5.26 Å². The first-order valence-corrected chi connectivity index (χ1v) is 8.03. The van der Waals surface area contributed by atoms with Gasteiger partial charge >= 0.3 is 0 Å². The second-order valence-corrected chi connectivity index (χ2v) is 5.60. The van der Waals surface area contributed by atoms with Gasteiger partial charge in [0.1, 0.15) is 5.75 Å². The van der Waals surface area contributed by atoms with E-state index in [1.807, 2.05) is 30.3 Å². The first-order chi connectivity index (χ1) is 11.7. The molecular formula is C20H18N2O2. The normalized spacial score (nSPS) is 10.5. The molecular weight excluding hydrogens is 300 g/mol. The molecule has 0 unspecified atom stereocenters. The molecule has 0 amide bonds. The smallest absolute Gasteiger partial charge is 0.260 e. The van der Waals surface area contributed by atoms with Crippen molar-refractivity contribution in [3.8, 4) is 22.9 Å². The summed E-state index contributed by atoms with van der Waals surface area (Å²) in [6.07, 6.45) is 1.91. The number of hydrogen-bond acceptors (Lipinski definition) is 3. The molecule has 1 heterocycles. The van der Waals surface area contributed by atoms with Crippen LogP contribution in [0.5, 0.6) is 5.75 Å². The molecule has 0 bridgehead atoms. The van der Waals surface area contributed by atoms with Gasteiger partial charge in [0.05, 0.1) is 29.3 Å². The van der Waals surface area contributed by atoms with E-state index in [0.29, 0.717) is 29.0 Å². The van der Waals surface area contributed by atoms with Crippen LogP contribution in [0.25, 0.3) is 22.0 Å². The van der Waals surface area contributed by atoms with Crippen molar-refractivity contribution >= 4 is 10.9 Å². The van der Waals surface area contributed by atoms with Crippen molar-refractivity contribution in [3.05, 3.63) is 64.4 Å². The number of pyridine rings is 1. The maximum Gasteiger partial charge on any atom is 0.260 e. The van der Waals surface area contributed by atoms with E-state index in [1.54, 1.807) is 18.2 Å². The third-order valence-corrected chi connectivity index (χ3v) is 3.90. The minimum Gasteiger partial charge on any atom is -0.492 e. The molecule has 3 rings (SSSR count). The number of hydrogen-bond donors (Lipinski definition) is 1. The lowest BCUT2D eigenvalue weighted by Crippen LogP contribution is -2.12. The molecule has 2 aromatic carbocycles. The summed E-state index contributed by atoms with van der Waals surface area (Å²) in [4.78, 5) is 15.5. The standard InChI is InChI=1S/C20H18N2O2/c1-2-3-11-24-19-16-12-14(13-21)9-10-17(16)22-20(23)18(19)15-7-5-4-6-8-15/h4-10,12H,2-3,11H2,1H3,(H,22,23). The molecule has 0 fully saturated rings. The van der Waals surface area contributed by atoms with E-state index in [4.69, 9.17) is 4.74 Å². The van der Waals surface area contributed by atoms with Gasteiger partial charge < -0.3 is 9.72 Å². The summed E-state index contributed by atoms with van der Waals surface area (Å²) in [5, 5.41) is 9.93. The zero-order valence-corrected chi connectivity index (χ0v) is 13.5. The molecule has 0 atom stereocenters. The number of unbranched alkanes of at least 4 members (excludes halogenated alkanes) is 1. The molecule has 1 N–H and O–H groups in total. The summed E-state index contributed by atoms with van der Waals surface area (Å²) in [6.45, 7) is 2.62. The molecule has 3 aromatic rings. The molecule has 24 heavy (non-hydrogen) atoms. The number of aromatic amines is 1. The highest BCUT2D eigenvalue weighted by Gasteiger charge is 2.16. The number of H-pyrrole nitrogens is 1. The number of ether oxygens (including phenoxy) is 1. The summed E-state index contributed by atoms with van der Waals surface area (Å²) in [5.74, 6) is 0.547. The topological polar surface area (TPSA) is 65.9 Å². The minimum absolute atomic E-state index is 0.190.